The Bertz CT molecular complexity index is 894. The molecule has 3 amide bonds. The molecule has 1 aliphatic carbocycles. The van der Waals surface area contributed by atoms with Crippen LogP contribution >= 0.6 is 0 Å². The molecule has 35 heavy (non-hydrogen) atoms. The molecule has 2 heterocycles. The molecule has 8 nitrogen and oxygen atoms in total. The number of hydrogen-bond donors (Lipinski definition) is 1. The highest BCUT2D eigenvalue weighted by atomic mass is 16.6. The third-order valence-corrected chi connectivity index (χ3v) is 7.36. The van der Waals surface area contributed by atoms with Gasteiger partial charge < -0.3 is 24.6 Å². The number of nitrogens with zero attached hydrogens (tertiary/aromatic N) is 2. The number of alkyl carbamates (subject to hydrolysis) is 1. The highest BCUT2D eigenvalue weighted by Gasteiger charge is 2.49. The Labute approximate surface area is 208 Å². The van der Waals surface area contributed by atoms with E-state index >= 15 is 0 Å². The van der Waals surface area contributed by atoms with Crippen LogP contribution in [0.5, 0.6) is 0 Å². The summed E-state index contributed by atoms with van der Waals surface area (Å²) >= 11 is 0. The van der Waals surface area contributed by atoms with Gasteiger partial charge in [0.1, 0.15) is 18.2 Å². The van der Waals surface area contributed by atoms with Crippen LogP contribution in [0.2, 0.25) is 0 Å². The number of fused-ring (bicyclic) bond motifs is 1. The van der Waals surface area contributed by atoms with Crippen molar-refractivity contribution in [2.75, 3.05) is 13.1 Å². The molecular weight excluding hydrogens is 446 g/mol. The van der Waals surface area contributed by atoms with Crippen LogP contribution in [0.1, 0.15) is 71.3 Å². The topological polar surface area (TPSA) is 88.2 Å². The number of hydrogen-bond acceptors (Lipinski definition) is 5. The number of rotatable bonds is 5. The second-order valence-corrected chi connectivity index (χ2v) is 11.0. The van der Waals surface area contributed by atoms with E-state index in [1.165, 1.54) is 0 Å². The van der Waals surface area contributed by atoms with Crippen LogP contribution in [0.15, 0.2) is 30.3 Å². The third-order valence-electron chi connectivity index (χ3n) is 7.36. The van der Waals surface area contributed by atoms with Gasteiger partial charge in [-0.1, -0.05) is 49.6 Å². The molecule has 4 rings (SSSR count). The van der Waals surface area contributed by atoms with Crippen LogP contribution in [0.4, 0.5) is 9.59 Å². The Morgan fingerprint density at radius 1 is 0.943 bits per heavy atom. The summed E-state index contributed by atoms with van der Waals surface area (Å²) in [5.41, 5.74) is 0.318. The lowest BCUT2D eigenvalue weighted by Crippen LogP contribution is -2.55. The number of ether oxygens (including phenoxy) is 2. The lowest BCUT2D eigenvalue weighted by molar-refractivity contribution is -0.136. The van der Waals surface area contributed by atoms with Gasteiger partial charge in [0, 0.05) is 13.1 Å². The zero-order valence-electron chi connectivity index (χ0n) is 21.2. The van der Waals surface area contributed by atoms with Gasteiger partial charge in [0.2, 0.25) is 5.91 Å². The Morgan fingerprint density at radius 2 is 1.57 bits per heavy atom. The molecule has 0 aromatic heterocycles. The molecular formula is C27H39N3O5. The largest absolute Gasteiger partial charge is 0.445 e. The normalized spacial score (nSPS) is 23.5. The summed E-state index contributed by atoms with van der Waals surface area (Å²) in [6, 6.07) is 8.95. The average molecular weight is 486 g/mol. The van der Waals surface area contributed by atoms with Crippen LogP contribution in [0.25, 0.3) is 0 Å². The highest BCUT2D eigenvalue weighted by Crippen LogP contribution is 2.35. The summed E-state index contributed by atoms with van der Waals surface area (Å²) in [5.74, 6) is 0.0610. The van der Waals surface area contributed by atoms with E-state index in [0.717, 1.165) is 50.5 Å². The van der Waals surface area contributed by atoms with Gasteiger partial charge in [-0.15, -0.1) is 0 Å². The van der Waals surface area contributed by atoms with Crippen molar-refractivity contribution in [3.05, 3.63) is 35.9 Å². The Morgan fingerprint density at radius 3 is 2.23 bits per heavy atom. The molecule has 3 fully saturated rings. The zero-order valence-corrected chi connectivity index (χ0v) is 21.2. The lowest BCUT2D eigenvalue weighted by atomic mass is 9.83. The number of amides is 3. The molecule has 0 spiro atoms. The second kappa shape index (κ2) is 10.9. The Hall–Kier alpha value is -2.77. The minimum Gasteiger partial charge on any atom is -0.445 e. The predicted octanol–water partition coefficient (Wildman–Crippen LogP) is 4.47. The maximum atomic E-state index is 13.8. The van der Waals surface area contributed by atoms with Gasteiger partial charge in [-0.3, -0.25) is 4.79 Å². The fraction of sp³-hybridized carbons (Fsp3) is 0.667. The molecule has 2 aliphatic heterocycles. The number of carbonyl (C=O) groups excluding carboxylic acids is 3. The monoisotopic (exact) mass is 485 g/mol. The van der Waals surface area contributed by atoms with Gasteiger partial charge >= 0.3 is 12.2 Å². The average Bonchev–Trinajstić information content (AvgIpc) is 3.43. The molecule has 0 bridgehead atoms. The van der Waals surface area contributed by atoms with Gasteiger partial charge in [-0.05, 0) is 57.9 Å². The molecule has 8 heteroatoms. The number of likely N-dealkylation sites (tertiary alicyclic amines) is 2. The van der Waals surface area contributed by atoms with Crippen molar-refractivity contribution < 1.29 is 23.9 Å². The number of nitrogens with one attached hydrogen (secondary N) is 1. The van der Waals surface area contributed by atoms with Crippen LogP contribution < -0.4 is 5.32 Å². The Kier molecular flexibility index (Phi) is 7.87. The molecule has 3 aliphatic rings. The van der Waals surface area contributed by atoms with Crippen molar-refractivity contribution in [3.63, 3.8) is 0 Å². The Balaban J connectivity index is 1.40. The van der Waals surface area contributed by atoms with E-state index in [1.54, 1.807) is 4.90 Å². The number of carbonyl (C=O) groups is 3. The summed E-state index contributed by atoms with van der Waals surface area (Å²) < 4.78 is 11.0. The SMILES string of the molecule is CC(C)(C)OC(=O)N[C@H](C(=O)N1CC[C@@H]2[C@H]1CCN2C(=O)OCc1ccccc1)C1CCCCC1. The first-order chi connectivity index (χ1) is 16.7. The van der Waals surface area contributed by atoms with E-state index in [0.29, 0.717) is 13.1 Å². The van der Waals surface area contributed by atoms with E-state index in [1.807, 2.05) is 56.0 Å². The van der Waals surface area contributed by atoms with Gasteiger partial charge in [0.25, 0.3) is 0 Å². The minimum atomic E-state index is -0.630. The van der Waals surface area contributed by atoms with E-state index in [9.17, 15) is 14.4 Å². The van der Waals surface area contributed by atoms with Crippen LogP contribution in [0.3, 0.4) is 0 Å². The molecule has 1 aromatic rings. The van der Waals surface area contributed by atoms with Crippen molar-refractivity contribution in [3.8, 4) is 0 Å². The van der Waals surface area contributed by atoms with Gasteiger partial charge in [-0.2, -0.15) is 0 Å². The maximum absolute atomic E-state index is 13.8. The van der Waals surface area contributed by atoms with Gasteiger partial charge in [0.15, 0.2) is 0 Å². The summed E-state index contributed by atoms with van der Waals surface area (Å²) in [7, 11) is 0. The van der Waals surface area contributed by atoms with Gasteiger partial charge in [-0.25, -0.2) is 9.59 Å². The summed E-state index contributed by atoms with van der Waals surface area (Å²) in [4.78, 5) is 42.9. The van der Waals surface area contributed by atoms with Crippen molar-refractivity contribution in [1.29, 1.82) is 0 Å². The quantitative estimate of drug-likeness (QED) is 0.665. The van der Waals surface area contributed by atoms with E-state index < -0.39 is 17.7 Å². The molecule has 1 N–H and O–H groups in total. The maximum Gasteiger partial charge on any atom is 0.410 e. The molecule has 0 unspecified atom stereocenters. The molecule has 1 saturated carbocycles. The predicted molar refractivity (Wildman–Crippen MR) is 132 cm³/mol. The molecule has 192 valence electrons. The lowest BCUT2D eigenvalue weighted by Gasteiger charge is -2.35. The van der Waals surface area contributed by atoms with Crippen molar-refractivity contribution in [2.45, 2.75) is 96.1 Å². The molecule has 2 saturated heterocycles. The van der Waals surface area contributed by atoms with Crippen LogP contribution in [-0.4, -0.2) is 64.7 Å². The molecule has 0 radical (unpaired) electrons. The minimum absolute atomic E-state index is 0.0432. The van der Waals surface area contributed by atoms with E-state index in [2.05, 4.69) is 5.32 Å². The highest BCUT2D eigenvalue weighted by molar-refractivity contribution is 5.87. The van der Waals surface area contributed by atoms with Gasteiger partial charge in [0.05, 0.1) is 12.1 Å². The molecule has 3 atom stereocenters. The first kappa shape index (κ1) is 25.3. The van der Waals surface area contributed by atoms with Crippen LogP contribution in [-0.2, 0) is 20.9 Å². The third kappa shape index (κ3) is 6.27. The van der Waals surface area contributed by atoms with E-state index in [4.69, 9.17) is 9.47 Å². The smallest absolute Gasteiger partial charge is 0.410 e. The van der Waals surface area contributed by atoms with Crippen molar-refractivity contribution >= 4 is 18.1 Å². The standard InChI is InChI=1S/C27H39N3O5/c1-27(2,3)35-25(32)28-23(20-12-8-5-9-13-20)24(31)29-16-14-22-21(29)15-17-30(22)26(33)34-18-19-10-6-4-7-11-19/h4,6-7,10-11,20-23H,5,8-9,12-18H2,1-3H3,(H,28,32)/t21-,22-,23+/m1/s1. The number of benzene rings is 1. The van der Waals surface area contributed by atoms with E-state index in [-0.39, 0.29) is 36.6 Å². The second-order valence-electron chi connectivity index (χ2n) is 11.0. The first-order valence-corrected chi connectivity index (χ1v) is 13.0. The summed E-state index contributed by atoms with van der Waals surface area (Å²) in [6.45, 7) is 6.84. The zero-order chi connectivity index (χ0) is 25.0. The van der Waals surface area contributed by atoms with Crippen LogP contribution in [0, 0.1) is 5.92 Å². The van der Waals surface area contributed by atoms with Crippen molar-refractivity contribution in [1.82, 2.24) is 15.1 Å². The fourth-order valence-electron chi connectivity index (χ4n) is 5.75. The van der Waals surface area contributed by atoms with Crippen molar-refractivity contribution in [2.24, 2.45) is 5.92 Å². The first-order valence-electron chi connectivity index (χ1n) is 13.0. The fourth-order valence-corrected chi connectivity index (χ4v) is 5.75. The summed E-state index contributed by atoms with van der Waals surface area (Å²) in [6.07, 6.45) is 5.72. The molecule has 1 aromatic carbocycles. The summed E-state index contributed by atoms with van der Waals surface area (Å²) in [5, 5.41) is 2.91.